The van der Waals surface area contributed by atoms with Gasteiger partial charge in [0.15, 0.2) is 0 Å². The van der Waals surface area contributed by atoms with Crippen molar-refractivity contribution in [1.82, 2.24) is 15.1 Å². The molecule has 0 fully saturated rings. The largest absolute Gasteiger partial charge is 0.487 e. The SMILES string of the molecule is CCn1nc(C)cc1COc1c(C)cc(CNC)cc1C. The Labute approximate surface area is 127 Å². The number of nitrogens with zero attached hydrogens (tertiary/aromatic N) is 2. The van der Waals surface area contributed by atoms with Gasteiger partial charge in [0.2, 0.25) is 0 Å². The van der Waals surface area contributed by atoms with Crippen LogP contribution in [0.2, 0.25) is 0 Å². The molecular formula is C17H25N3O. The van der Waals surface area contributed by atoms with E-state index in [0.29, 0.717) is 6.61 Å². The lowest BCUT2D eigenvalue weighted by Crippen LogP contribution is -2.08. The summed E-state index contributed by atoms with van der Waals surface area (Å²) < 4.78 is 8.06. The number of nitrogens with one attached hydrogen (secondary N) is 1. The predicted molar refractivity (Wildman–Crippen MR) is 85.6 cm³/mol. The van der Waals surface area contributed by atoms with Gasteiger partial charge in [-0.1, -0.05) is 12.1 Å². The van der Waals surface area contributed by atoms with Crippen molar-refractivity contribution in [1.29, 1.82) is 0 Å². The molecule has 0 atom stereocenters. The van der Waals surface area contributed by atoms with Crippen molar-refractivity contribution >= 4 is 0 Å². The number of rotatable bonds is 6. The fraction of sp³-hybridized carbons (Fsp3) is 0.471. The van der Waals surface area contributed by atoms with Crippen LogP contribution in [0.3, 0.4) is 0 Å². The number of aromatic nitrogens is 2. The van der Waals surface area contributed by atoms with Gasteiger partial charge in [0.25, 0.3) is 0 Å². The molecule has 0 aliphatic carbocycles. The third-order valence-electron chi connectivity index (χ3n) is 3.55. The van der Waals surface area contributed by atoms with E-state index in [4.69, 9.17) is 4.74 Å². The molecule has 0 saturated carbocycles. The Bertz CT molecular complexity index is 593. The lowest BCUT2D eigenvalue weighted by molar-refractivity contribution is 0.288. The summed E-state index contributed by atoms with van der Waals surface area (Å²) in [6.45, 7) is 10.6. The van der Waals surface area contributed by atoms with Gasteiger partial charge in [0, 0.05) is 13.1 Å². The molecule has 0 spiro atoms. The first-order valence-electron chi connectivity index (χ1n) is 7.46. The first kappa shape index (κ1) is 15.6. The number of benzene rings is 1. The van der Waals surface area contributed by atoms with Gasteiger partial charge in [-0.3, -0.25) is 4.68 Å². The van der Waals surface area contributed by atoms with E-state index in [1.165, 1.54) is 16.7 Å². The number of aryl methyl sites for hydroxylation is 4. The second kappa shape index (κ2) is 6.76. The predicted octanol–water partition coefficient (Wildman–Crippen LogP) is 3.13. The molecule has 1 N–H and O–H groups in total. The number of ether oxygens (including phenoxy) is 1. The zero-order valence-electron chi connectivity index (χ0n) is 13.7. The molecule has 1 heterocycles. The van der Waals surface area contributed by atoms with Crippen LogP contribution in [0.5, 0.6) is 5.75 Å². The van der Waals surface area contributed by atoms with Gasteiger partial charge in [-0.2, -0.15) is 5.10 Å². The van der Waals surface area contributed by atoms with Gasteiger partial charge in [0.05, 0.1) is 11.4 Å². The summed E-state index contributed by atoms with van der Waals surface area (Å²) in [5, 5.41) is 7.63. The summed E-state index contributed by atoms with van der Waals surface area (Å²) in [4.78, 5) is 0. The van der Waals surface area contributed by atoms with Crippen molar-refractivity contribution in [2.75, 3.05) is 7.05 Å². The van der Waals surface area contributed by atoms with Crippen LogP contribution < -0.4 is 10.1 Å². The zero-order valence-corrected chi connectivity index (χ0v) is 13.7. The number of hydrogen-bond acceptors (Lipinski definition) is 3. The average Bonchev–Trinajstić information content (AvgIpc) is 2.78. The van der Waals surface area contributed by atoms with E-state index >= 15 is 0 Å². The van der Waals surface area contributed by atoms with Crippen LogP contribution >= 0.6 is 0 Å². The molecule has 0 aliphatic heterocycles. The van der Waals surface area contributed by atoms with Gasteiger partial charge in [-0.15, -0.1) is 0 Å². The third-order valence-corrected chi connectivity index (χ3v) is 3.55. The summed E-state index contributed by atoms with van der Waals surface area (Å²) in [5.74, 6) is 0.983. The monoisotopic (exact) mass is 287 g/mol. The highest BCUT2D eigenvalue weighted by Gasteiger charge is 2.09. The van der Waals surface area contributed by atoms with E-state index < -0.39 is 0 Å². The van der Waals surface area contributed by atoms with E-state index in [9.17, 15) is 0 Å². The molecule has 1 aromatic carbocycles. The highest BCUT2D eigenvalue weighted by atomic mass is 16.5. The lowest BCUT2D eigenvalue weighted by atomic mass is 10.1. The third kappa shape index (κ3) is 3.64. The second-order valence-electron chi connectivity index (χ2n) is 5.47. The molecule has 0 radical (unpaired) electrons. The van der Waals surface area contributed by atoms with Crippen LogP contribution in [0.1, 0.15) is 35.0 Å². The van der Waals surface area contributed by atoms with Crippen molar-refractivity contribution in [3.8, 4) is 5.75 Å². The minimum Gasteiger partial charge on any atom is -0.487 e. The Morgan fingerprint density at radius 3 is 2.38 bits per heavy atom. The van der Waals surface area contributed by atoms with Crippen LogP contribution in [0.15, 0.2) is 18.2 Å². The first-order valence-corrected chi connectivity index (χ1v) is 7.46. The van der Waals surface area contributed by atoms with Crippen molar-refractivity contribution in [2.45, 2.75) is 47.4 Å². The summed E-state index contributed by atoms with van der Waals surface area (Å²) in [6.07, 6.45) is 0. The molecular weight excluding hydrogens is 262 g/mol. The molecule has 0 bridgehead atoms. The normalized spacial score (nSPS) is 10.9. The number of hydrogen-bond donors (Lipinski definition) is 1. The maximum absolute atomic E-state index is 6.06. The van der Waals surface area contributed by atoms with E-state index in [2.05, 4.69) is 49.4 Å². The Kier molecular flexibility index (Phi) is 5.02. The minimum atomic E-state index is 0.557. The maximum Gasteiger partial charge on any atom is 0.130 e. The fourth-order valence-electron chi connectivity index (χ4n) is 2.71. The van der Waals surface area contributed by atoms with Crippen LogP contribution in [0.4, 0.5) is 0 Å². The van der Waals surface area contributed by atoms with Gasteiger partial charge < -0.3 is 10.1 Å². The topological polar surface area (TPSA) is 39.1 Å². The summed E-state index contributed by atoms with van der Waals surface area (Å²) >= 11 is 0. The van der Waals surface area contributed by atoms with E-state index in [0.717, 1.165) is 30.2 Å². The van der Waals surface area contributed by atoms with Crippen molar-refractivity contribution in [3.05, 3.63) is 46.3 Å². The minimum absolute atomic E-state index is 0.557. The van der Waals surface area contributed by atoms with Gasteiger partial charge >= 0.3 is 0 Å². The van der Waals surface area contributed by atoms with E-state index in [1.54, 1.807) is 0 Å². The molecule has 1 aromatic heterocycles. The van der Waals surface area contributed by atoms with Crippen LogP contribution in [-0.2, 0) is 19.7 Å². The molecule has 0 aliphatic rings. The van der Waals surface area contributed by atoms with Crippen molar-refractivity contribution in [3.63, 3.8) is 0 Å². The van der Waals surface area contributed by atoms with Crippen LogP contribution in [-0.4, -0.2) is 16.8 Å². The standard InChI is InChI=1S/C17H25N3O/c1-6-20-16(9-14(4)19-20)11-21-17-12(2)7-15(10-18-5)8-13(17)3/h7-9,18H,6,10-11H2,1-5H3. The summed E-state index contributed by atoms with van der Waals surface area (Å²) in [5.41, 5.74) is 5.80. The molecule has 21 heavy (non-hydrogen) atoms. The molecule has 2 aromatic rings. The highest BCUT2D eigenvalue weighted by Crippen LogP contribution is 2.26. The van der Waals surface area contributed by atoms with Crippen LogP contribution in [0, 0.1) is 20.8 Å². The smallest absolute Gasteiger partial charge is 0.130 e. The second-order valence-corrected chi connectivity index (χ2v) is 5.47. The summed E-state index contributed by atoms with van der Waals surface area (Å²) in [6, 6.07) is 6.45. The quantitative estimate of drug-likeness (QED) is 0.887. The molecule has 2 rings (SSSR count). The fourth-order valence-corrected chi connectivity index (χ4v) is 2.71. The molecule has 0 amide bonds. The molecule has 114 valence electrons. The van der Waals surface area contributed by atoms with Gasteiger partial charge in [0.1, 0.15) is 12.4 Å². The van der Waals surface area contributed by atoms with Crippen LogP contribution in [0.25, 0.3) is 0 Å². The Morgan fingerprint density at radius 2 is 1.81 bits per heavy atom. The Morgan fingerprint density at radius 1 is 1.14 bits per heavy atom. The zero-order chi connectivity index (χ0) is 15.4. The van der Waals surface area contributed by atoms with E-state index in [-0.39, 0.29) is 0 Å². The van der Waals surface area contributed by atoms with Gasteiger partial charge in [-0.25, -0.2) is 0 Å². The first-order chi connectivity index (χ1) is 10.0. The highest BCUT2D eigenvalue weighted by molar-refractivity contribution is 5.43. The summed E-state index contributed by atoms with van der Waals surface area (Å²) in [7, 11) is 1.96. The van der Waals surface area contributed by atoms with E-state index in [1.807, 2.05) is 18.7 Å². The Balaban J connectivity index is 2.16. The molecule has 0 unspecified atom stereocenters. The maximum atomic E-state index is 6.06. The van der Waals surface area contributed by atoms with Crippen molar-refractivity contribution in [2.24, 2.45) is 0 Å². The Hall–Kier alpha value is -1.81. The lowest BCUT2D eigenvalue weighted by Gasteiger charge is -2.14. The molecule has 4 heteroatoms. The average molecular weight is 287 g/mol. The molecule has 4 nitrogen and oxygen atoms in total. The van der Waals surface area contributed by atoms with Gasteiger partial charge in [-0.05, 0) is 57.5 Å². The van der Waals surface area contributed by atoms with Crippen molar-refractivity contribution < 1.29 is 4.74 Å². The molecule has 0 saturated heterocycles.